The summed E-state index contributed by atoms with van der Waals surface area (Å²) in [4.78, 5) is 21.0. The molecule has 1 fully saturated rings. The Morgan fingerprint density at radius 1 is 1.30 bits per heavy atom. The SMILES string of the molecule is C[C@@H]1CN(c2ccc(C#N)c(Br)c2)[C@@H](C)CN1C(=O)NCc1ccccn1. The van der Waals surface area contributed by atoms with Crippen LogP contribution in [-0.4, -0.2) is 41.1 Å². The summed E-state index contributed by atoms with van der Waals surface area (Å²) in [6.07, 6.45) is 1.72. The molecular formula is C20H22BrN5O. The number of piperazine rings is 1. The number of urea groups is 1. The normalized spacial score (nSPS) is 19.5. The van der Waals surface area contributed by atoms with Crippen molar-refractivity contribution in [1.82, 2.24) is 15.2 Å². The van der Waals surface area contributed by atoms with Gasteiger partial charge in [0.25, 0.3) is 0 Å². The summed E-state index contributed by atoms with van der Waals surface area (Å²) in [7, 11) is 0. The third-order valence-corrected chi connectivity index (χ3v) is 5.45. The van der Waals surface area contributed by atoms with Gasteiger partial charge in [-0.05, 0) is 60.1 Å². The van der Waals surface area contributed by atoms with Crippen LogP contribution in [0.4, 0.5) is 10.5 Å². The van der Waals surface area contributed by atoms with Crippen LogP contribution in [0.3, 0.4) is 0 Å². The molecule has 1 saturated heterocycles. The Balaban J connectivity index is 1.65. The standard InChI is InChI=1S/C20H22BrN5O/c1-14-13-26(20(27)24-11-17-5-3-4-8-23-17)15(2)12-25(14)18-7-6-16(10-22)19(21)9-18/h3-9,14-15H,11-13H2,1-2H3,(H,24,27)/t14-,15+/m0/s1. The van der Waals surface area contributed by atoms with Crippen LogP contribution in [0.25, 0.3) is 0 Å². The third kappa shape index (κ3) is 4.40. The zero-order valence-corrected chi connectivity index (χ0v) is 17.0. The van der Waals surface area contributed by atoms with Gasteiger partial charge in [-0.3, -0.25) is 4.98 Å². The summed E-state index contributed by atoms with van der Waals surface area (Å²) in [5.41, 5.74) is 2.51. The summed E-state index contributed by atoms with van der Waals surface area (Å²) < 4.78 is 0.790. The maximum atomic E-state index is 12.6. The Morgan fingerprint density at radius 3 is 2.78 bits per heavy atom. The molecule has 2 atom stereocenters. The molecule has 0 radical (unpaired) electrons. The number of nitriles is 1. The molecule has 1 aliphatic heterocycles. The number of carbonyl (C=O) groups excluding carboxylic acids is 1. The zero-order valence-electron chi connectivity index (χ0n) is 15.4. The molecule has 7 heteroatoms. The molecule has 0 unspecified atom stereocenters. The van der Waals surface area contributed by atoms with Gasteiger partial charge >= 0.3 is 6.03 Å². The number of carbonyl (C=O) groups is 1. The van der Waals surface area contributed by atoms with Crippen molar-refractivity contribution in [2.24, 2.45) is 0 Å². The molecule has 2 aromatic rings. The lowest BCUT2D eigenvalue weighted by Crippen LogP contribution is -2.60. The van der Waals surface area contributed by atoms with Crippen molar-refractivity contribution >= 4 is 27.6 Å². The minimum Gasteiger partial charge on any atom is -0.365 e. The Bertz CT molecular complexity index is 851. The van der Waals surface area contributed by atoms with E-state index < -0.39 is 0 Å². The summed E-state index contributed by atoms with van der Waals surface area (Å²) in [5.74, 6) is 0. The maximum absolute atomic E-state index is 12.6. The average Bonchev–Trinajstić information content (AvgIpc) is 2.68. The van der Waals surface area contributed by atoms with Gasteiger partial charge in [-0.25, -0.2) is 4.79 Å². The molecule has 6 nitrogen and oxygen atoms in total. The summed E-state index contributed by atoms with van der Waals surface area (Å²) >= 11 is 3.46. The summed E-state index contributed by atoms with van der Waals surface area (Å²) in [6, 6.07) is 13.7. The van der Waals surface area contributed by atoms with Gasteiger partial charge in [-0.2, -0.15) is 5.26 Å². The van der Waals surface area contributed by atoms with Gasteiger partial charge in [0.2, 0.25) is 0 Å². The molecule has 2 amide bonds. The second-order valence-corrected chi connectivity index (χ2v) is 7.61. The number of hydrogen-bond acceptors (Lipinski definition) is 4. The highest BCUT2D eigenvalue weighted by atomic mass is 79.9. The molecule has 0 spiro atoms. The lowest BCUT2D eigenvalue weighted by molar-refractivity contribution is 0.160. The van der Waals surface area contributed by atoms with E-state index in [-0.39, 0.29) is 18.1 Å². The van der Waals surface area contributed by atoms with Crippen LogP contribution in [0.1, 0.15) is 25.1 Å². The third-order valence-electron chi connectivity index (χ3n) is 4.80. The van der Waals surface area contributed by atoms with Gasteiger partial charge in [-0.1, -0.05) is 6.07 Å². The number of halogens is 1. The highest BCUT2D eigenvalue weighted by Gasteiger charge is 2.32. The van der Waals surface area contributed by atoms with Crippen LogP contribution in [0.5, 0.6) is 0 Å². The zero-order chi connectivity index (χ0) is 19.4. The largest absolute Gasteiger partial charge is 0.365 e. The van der Waals surface area contributed by atoms with Gasteiger partial charge in [0, 0.05) is 41.5 Å². The number of rotatable bonds is 3. The molecule has 0 bridgehead atoms. The predicted octanol–water partition coefficient (Wildman–Crippen LogP) is 3.52. The highest BCUT2D eigenvalue weighted by molar-refractivity contribution is 9.10. The van der Waals surface area contributed by atoms with Crippen molar-refractivity contribution in [3.8, 4) is 6.07 Å². The van der Waals surface area contributed by atoms with Crippen molar-refractivity contribution in [2.45, 2.75) is 32.5 Å². The number of pyridine rings is 1. The molecule has 140 valence electrons. The molecule has 1 aromatic heterocycles. The number of nitrogens with zero attached hydrogens (tertiary/aromatic N) is 4. The predicted molar refractivity (Wildman–Crippen MR) is 108 cm³/mol. The molecule has 27 heavy (non-hydrogen) atoms. The first-order valence-electron chi connectivity index (χ1n) is 8.90. The smallest absolute Gasteiger partial charge is 0.318 e. The molecular weight excluding hydrogens is 406 g/mol. The van der Waals surface area contributed by atoms with Crippen molar-refractivity contribution < 1.29 is 4.79 Å². The quantitative estimate of drug-likeness (QED) is 0.812. The Labute approximate surface area is 167 Å². The van der Waals surface area contributed by atoms with E-state index in [4.69, 9.17) is 5.26 Å². The maximum Gasteiger partial charge on any atom is 0.318 e. The molecule has 2 heterocycles. The van der Waals surface area contributed by atoms with E-state index in [2.05, 4.69) is 51.0 Å². The summed E-state index contributed by atoms with van der Waals surface area (Å²) in [5, 5.41) is 12.1. The van der Waals surface area contributed by atoms with Gasteiger partial charge < -0.3 is 15.1 Å². The fourth-order valence-electron chi connectivity index (χ4n) is 3.31. The van der Waals surface area contributed by atoms with Crippen molar-refractivity contribution in [1.29, 1.82) is 5.26 Å². The molecule has 0 saturated carbocycles. The van der Waals surface area contributed by atoms with Gasteiger partial charge in [-0.15, -0.1) is 0 Å². The van der Waals surface area contributed by atoms with Crippen molar-refractivity contribution in [2.75, 3.05) is 18.0 Å². The fourth-order valence-corrected chi connectivity index (χ4v) is 3.77. The van der Waals surface area contributed by atoms with E-state index in [1.807, 2.05) is 41.3 Å². The van der Waals surface area contributed by atoms with Gasteiger partial charge in [0.05, 0.1) is 17.8 Å². The fraction of sp³-hybridized carbons (Fsp3) is 0.350. The molecule has 0 aliphatic carbocycles. The van der Waals surface area contributed by atoms with E-state index >= 15 is 0 Å². The van der Waals surface area contributed by atoms with Crippen LogP contribution in [-0.2, 0) is 6.54 Å². The first kappa shape index (κ1) is 19.2. The second kappa shape index (κ2) is 8.40. The number of hydrogen-bond donors (Lipinski definition) is 1. The van der Waals surface area contributed by atoms with E-state index in [1.165, 1.54) is 0 Å². The van der Waals surface area contributed by atoms with Crippen LogP contribution >= 0.6 is 15.9 Å². The minimum absolute atomic E-state index is 0.0688. The number of nitrogens with one attached hydrogen (secondary N) is 1. The van der Waals surface area contributed by atoms with Crippen LogP contribution in [0.15, 0.2) is 47.1 Å². The number of benzene rings is 1. The number of aromatic nitrogens is 1. The lowest BCUT2D eigenvalue weighted by Gasteiger charge is -2.45. The highest BCUT2D eigenvalue weighted by Crippen LogP contribution is 2.28. The molecule has 3 rings (SSSR count). The van der Waals surface area contributed by atoms with E-state index in [0.717, 1.165) is 22.4 Å². The van der Waals surface area contributed by atoms with E-state index in [9.17, 15) is 4.79 Å². The number of amides is 2. The topological polar surface area (TPSA) is 72.3 Å². The van der Waals surface area contributed by atoms with Gasteiger partial charge in [0.15, 0.2) is 0 Å². The van der Waals surface area contributed by atoms with Crippen molar-refractivity contribution in [3.63, 3.8) is 0 Å². The minimum atomic E-state index is -0.0688. The van der Waals surface area contributed by atoms with Crippen molar-refractivity contribution in [3.05, 3.63) is 58.3 Å². The van der Waals surface area contributed by atoms with Crippen LogP contribution in [0.2, 0.25) is 0 Å². The summed E-state index contributed by atoms with van der Waals surface area (Å²) in [6.45, 7) is 5.95. The Morgan fingerprint density at radius 2 is 2.11 bits per heavy atom. The van der Waals surface area contributed by atoms with Gasteiger partial charge in [0.1, 0.15) is 6.07 Å². The Kier molecular flexibility index (Phi) is 5.97. The molecule has 1 N–H and O–H groups in total. The van der Waals surface area contributed by atoms with E-state index in [0.29, 0.717) is 18.7 Å². The second-order valence-electron chi connectivity index (χ2n) is 6.76. The van der Waals surface area contributed by atoms with Crippen LogP contribution < -0.4 is 10.2 Å². The first-order valence-corrected chi connectivity index (χ1v) is 9.69. The molecule has 1 aromatic carbocycles. The lowest BCUT2D eigenvalue weighted by atomic mass is 10.1. The monoisotopic (exact) mass is 427 g/mol. The number of anilines is 1. The average molecular weight is 428 g/mol. The molecule has 1 aliphatic rings. The Hall–Kier alpha value is -2.59. The van der Waals surface area contributed by atoms with Crippen LogP contribution in [0, 0.1) is 11.3 Å². The first-order chi connectivity index (χ1) is 13.0. The van der Waals surface area contributed by atoms with E-state index in [1.54, 1.807) is 6.20 Å².